The zero-order valence-corrected chi connectivity index (χ0v) is 14.0. The Morgan fingerprint density at radius 2 is 1.80 bits per heavy atom. The van der Waals surface area contributed by atoms with Crippen LogP contribution in [0.15, 0.2) is 30.3 Å². The molecule has 4 heteroatoms. The Morgan fingerprint density at radius 1 is 1.25 bits per heavy atom. The minimum Gasteiger partial charge on any atom is -0.413 e. The highest BCUT2D eigenvalue weighted by Gasteiger charge is 2.37. The van der Waals surface area contributed by atoms with Gasteiger partial charge in [-0.1, -0.05) is 39.0 Å². The summed E-state index contributed by atoms with van der Waals surface area (Å²) >= 11 is 0. The number of halogens is 1. The van der Waals surface area contributed by atoms with Gasteiger partial charge in [-0.2, -0.15) is 0 Å². The van der Waals surface area contributed by atoms with Crippen LogP contribution in [0.25, 0.3) is 5.57 Å². The van der Waals surface area contributed by atoms with Gasteiger partial charge in [0.15, 0.2) is 8.32 Å². The van der Waals surface area contributed by atoms with E-state index in [1.807, 2.05) is 0 Å². The van der Waals surface area contributed by atoms with Crippen molar-refractivity contribution in [2.45, 2.75) is 38.9 Å². The van der Waals surface area contributed by atoms with Gasteiger partial charge < -0.3 is 9.53 Å². The van der Waals surface area contributed by atoms with E-state index in [1.165, 1.54) is 12.1 Å². The molecule has 1 N–H and O–H groups in total. The standard InChI is InChI=1S/C16H25FO2Si/c1-16(2,3)20(4,5)19-12-14(10-11-18)13-6-8-15(17)9-7-13/h6-10,18H,11-12H2,1-5H3/b14-10-. The lowest BCUT2D eigenvalue weighted by atomic mass is 10.1. The predicted molar refractivity (Wildman–Crippen MR) is 84.6 cm³/mol. The van der Waals surface area contributed by atoms with E-state index in [0.29, 0.717) is 6.61 Å². The highest BCUT2D eigenvalue weighted by molar-refractivity contribution is 6.74. The molecule has 0 atom stereocenters. The van der Waals surface area contributed by atoms with Crippen molar-refractivity contribution < 1.29 is 13.9 Å². The van der Waals surface area contributed by atoms with Crippen molar-refractivity contribution in [3.63, 3.8) is 0 Å². The number of benzene rings is 1. The number of hydrogen-bond donors (Lipinski definition) is 1. The minimum atomic E-state index is -1.84. The average Bonchev–Trinajstić information content (AvgIpc) is 2.34. The van der Waals surface area contributed by atoms with Crippen LogP contribution in [-0.2, 0) is 4.43 Å². The summed E-state index contributed by atoms with van der Waals surface area (Å²) in [5.41, 5.74) is 1.79. The Hall–Kier alpha value is -0.973. The topological polar surface area (TPSA) is 29.5 Å². The number of aliphatic hydroxyl groups is 1. The molecule has 0 heterocycles. The van der Waals surface area contributed by atoms with Gasteiger partial charge in [-0.3, -0.25) is 0 Å². The average molecular weight is 296 g/mol. The zero-order valence-electron chi connectivity index (χ0n) is 13.0. The molecular weight excluding hydrogens is 271 g/mol. The Balaban J connectivity index is 2.85. The molecule has 112 valence electrons. The van der Waals surface area contributed by atoms with Gasteiger partial charge in [-0.25, -0.2) is 4.39 Å². The Bertz CT molecular complexity index is 458. The fourth-order valence-corrected chi connectivity index (χ4v) is 2.46. The highest BCUT2D eigenvalue weighted by atomic mass is 28.4. The van der Waals surface area contributed by atoms with Gasteiger partial charge in [0.1, 0.15) is 5.82 Å². The Morgan fingerprint density at radius 3 is 2.25 bits per heavy atom. The summed E-state index contributed by atoms with van der Waals surface area (Å²) in [7, 11) is -1.84. The Labute approximate surface area is 122 Å². The van der Waals surface area contributed by atoms with Crippen LogP contribution in [-0.4, -0.2) is 26.6 Å². The molecule has 2 nitrogen and oxygen atoms in total. The summed E-state index contributed by atoms with van der Waals surface area (Å²) in [5.74, 6) is -0.262. The van der Waals surface area contributed by atoms with E-state index in [-0.39, 0.29) is 17.5 Å². The predicted octanol–water partition coefficient (Wildman–Crippen LogP) is 4.22. The maximum absolute atomic E-state index is 13.0. The van der Waals surface area contributed by atoms with Gasteiger partial charge >= 0.3 is 0 Å². The largest absolute Gasteiger partial charge is 0.413 e. The van der Waals surface area contributed by atoms with E-state index >= 15 is 0 Å². The van der Waals surface area contributed by atoms with Crippen LogP contribution in [0.2, 0.25) is 18.1 Å². The molecule has 1 aromatic rings. The van der Waals surface area contributed by atoms with Crippen molar-refractivity contribution in [1.82, 2.24) is 0 Å². The van der Waals surface area contributed by atoms with Crippen LogP contribution in [0.3, 0.4) is 0 Å². The third-order valence-corrected chi connectivity index (χ3v) is 8.43. The van der Waals surface area contributed by atoms with E-state index in [9.17, 15) is 4.39 Å². The molecule has 0 fully saturated rings. The van der Waals surface area contributed by atoms with E-state index in [1.54, 1.807) is 18.2 Å². The van der Waals surface area contributed by atoms with Crippen LogP contribution in [0.5, 0.6) is 0 Å². The number of rotatable bonds is 5. The van der Waals surface area contributed by atoms with Crippen molar-refractivity contribution in [2.75, 3.05) is 13.2 Å². The quantitative estimate of drug-likeness (QED) is 0.824. The van der Waals surface area contributed by atoms with Crippen molar-refractivity contribution >= 4 is 13.9 Å². The second kappa shape index (κ2) is 6.65. The van der Waals surface area contributed by atoms with Crippen molar-refractivity contribution in [2.24, 2.45) is 0 Å². The third-order valence-electron chi connectivity index (χ3n) is 3.95. The molecule has 0 aromatic heterocycles. The van der Waals surface area contributed by atoms with Gasteiger partial charge in [0.05, 0.1) is 13.2 Å². The molecule has 1 aromatic carbocycles. The molecule has 0 amide bonds. The van der Waals surface area contributed by atoms with Crippen molar-refractivity contribution in [3.05, 3.63) is 41.7 Å². The summed E-state index contributed by atoms with van der Waals surface area (Å²) in [5, 5.41) is 9.29. The van der Waals surface area contributed by atoms with E-state index in [0.717, 1.165) is 11.1 Å². The molecule has 0 saturated carbocycles. The SMILES string of the molecule is CC(C)(C)[Si](C)(C)OC/C(=C/CO)c1ccc(F)cc1. The van der Waals surface area contributed by atoms with Crippen molar-refractivity contribution in [1.29, 1.82) is 0 Å². The van der Waals surface area contributed by atoms with Crippen LogP contribution in [0, 0.1) is 5.82 Å². The second-order valence-corrected chi connectivity index (χ2v) is 11.3. The fraction of sp³-hybridized carbons (Fsp3) is 0.500. The lowest BCUT2D eigenvalue weighted by Crippen LogP contribution is -2.41. The van der Waals surface area contributed by atoms with Gasteiger partial charge in [-0.15, -0.1) is 0 Å². The number of hydrogen-bond acceptors (Lipinski definition) is 2. The molecular formula is C16H25FO2Si. The smallest absolute Gasteiger partial charge is 0.192 e. The molecule has 20 heavy (non-hydrogen) atoms. The van der Waals surface area contributed by atoms with Crippen LogP contribution in [0.4, 0.5) is 4.39 Å². The normalized spacial score (nSPS) is 13.7. The molecule has 0 radical (unpaired) electrons. The first-order valence-corrected chi connectivity index (χ1v) is 9.78. The van der Waals surface area contributed by atoms with Crippen molar-refractivity contribution in [3.8, 4) is 0 Å². The summed E-state index contributed by atoms with van der Waals surface area (Å²) in [6, 6.07) is 6.28. The first kappa shape index (κ1) is 17.1. The monoisotopic (exact) mass is 296 g/mol. The first-order chi connectivity index (χ1) is 9.17. The summed E-state index contributed by atoms with van der Waals surface area (Å²) in [4.78, 5) is 0. The lowest BCUT2D eigenvalue weighted by molar-refractivity contribution is 0.327. The molecule has 0 bridgehead atoms. The van der Waals surface area contributed by atoms with Gasteiger partial charge in [0, 0.05) is 0 Å². The van der Waals surface area contributed by atoms with Gasteiger partial charge in [-0.05, 0) is 41.4 Å². The second-order valence-electron chi connectivity index (χ2n) is 6.47. The summed E-state index contributed by atoms with van der Waals surface area (Å²) in [6.07, 6.45) is 1.72. The summed E-state index contributed by atoms with van der Waals surface area (Å²) in [6.45, 7) is 11.3. The van der Waals surface area contributed by atoms with Gasteiger partial charge in [0.2, 0.25) is 0 Å². The third kappa shape index (κ3) is 4.54. The van der Waals surface area contributed by atoms with Crippen LogP contribution in [0.1, 0.15) is 26.3 Å². The molecule has 0 unspecified atom stereocenters. The van der Waals surface area contributed by atoms with E-state index < -0.39 is 8.32 Å². The maximum atomic E-state index is 13.0. The molecule has 0 aliphatic heterocycles. The fourth-order valence-electron chi connectivity index (χ4n) is 1.51. The van der Waals surface area contributed by atoms with E-state index in [4.69, 9.17) is 9.53 Å². The molecule has 0 aliphatic carbocycles. The number of aliphatic hydroxyl groups excluding tert-OH is 1. The van der Waals surface area contributed by atoms with E-state index in [2.05, 4.69) is 33.9 Å². The maximum Gasteiger partial charge on any atom is 0.192 e. The molecule has 0 saturated heterocycles. The van der Waals surface area contributed by atoms with Crippen LogP contribution < -0.4 is 0 Å². The Kier molecular flexibility index (Phi) is 5.68. The first-order valence-electron chi connectivity index (χ1n) is 6.87. The summed E-state index contributed by atoms with van der Waals surface area (Å²) < 4.78 is 19.1. The zero-order chi connectivity index (χ0) is 15.4. The molecule has 0 spiro atoms. The van der Waals surface area contributed by atoms with Crippen LogP contribution >= 0.6 is 0 Å². The highest BCUT2D eigenvalue weighted by Crippen LogP contribution is 2.37. The molecule has 1 rings (SSSR count). The molecule has 0 aliphatic rings. The lowest BCUT2D eigenvalue weighted by Gasteiger charge is -2.36. The minimum absolute atomic E-state index is 0.0480. The van der Waals surface area contributed by atoms with Gasteiger partial charge in [0.25, 0.3) is 0 Å².